The Balaban J connectivity index is 0.000000138. The topological polar surface area (TPSA) is 91.7 Å². The van der Waals surface area contributed by atoms with E-state index in [2.05, 4.69) is 63.7 Å². The monoisotopic (exact) mass is 1040 g/mol. The molecule has 7 aromatic carbocycles. The van der Waals surface area contributed by atoms with Crippen LogP contribution in [0.3, 0.4) is 0 Å². The first-order valence-electron chi connectivity index (χ1n) is 16.2. The van der Waals surface area contributed by atoms with E-state index in [1.54, 1.807) is 54.6 Å². The maximum Gasteiger partial charge on any atom is 0.234 e. The molecule has 0 saturated carbocycles. The predicted molar refractivity (Wildman–Crippen MR) is 238 cm³/mol. The minimum absolute atomic E-state index is 0.0195. The first-order valence-corrected chi connectivity index (χ1v) is 20.5. The number of rotatable bonds is 0. The Hall–Kier alpha value is -3.38. The van der Waals surface area contributed by atoms with Gasteiger partial charge >= 0.3 is 0 Å². The molecule has 276 valence electrons. The van der Waals surface area contributed by atoms with E-state index in [4.69, 9.17) is 39.9 Å². The molecular formula is C43H25Br4Cl3O5. The van der Waals surface area contributed by atoms with Gasteiger partial charge in [0.05, 0.1) is 0 Å². The van der Waals surface area contributed by atoms with E-state index in [9.17, 15) is 19.5 Å². The molecule has 2 aliphatic carbocycles. The van der Waals surface area contributed by atoms with Crippen LogP contribution in [-0.4, -0.2) is 34.7 Å². The average molecular weight is 1050 g/mol. The van der Waals surface area contributed by atoms with Crippen molar-refractivity contribution in [3.8, 4) is 28.0 Å². The highest BCUT2D eigenvalue weighted by Crippen LogP contribution is 2.51. The van der Waals surface area contributed by atoms with Gasteiger partial charge in [-0.2, -0.15) is 0 Å². The lowest BCUT2D eigenvalue weighted by atomic mass is 9.84. The smallest absolute Gasteiger partial charge is 0.234 e. The van der Waals surface area contributed by atoms with E-state index in [-0.39, 0.29) is 5.78 Å². The Kier molecular flexibility index (Phi) is 12.8. The average Bonchev–Trinajstić information content (AvgIpc) is 3.17. The molecule has 12 heteroatoms. The SMILES string of the molecule is CO.O=C1C(=O)c2ccc(Br)cc2-c2cc(Cl)ccc21.O=C1c2ccc(Cl)cc2-c2cc(Br)ccc2C1(Br)Br.Oc1cc2ccccc2c2cc(Cl)ccc12. The number of hydrogen-bond donors (Lipinski definition) is 2. The molecule has 0 heterocycles. The molecule has 5 nitrogen and oxygen atoms in total. The third-order valence-electron chi connectivity index (χ3n) is 8.87. The molecule has 0 aliphatic heterocycles. The first-order chi connectivity index (χ1) is 26.2. The molecular weight excluding hydrogens is 1020 g/mol. The second-order valence-corrected chi connectivity index (χ2v) is 18.7. The summed E-state index contributed by atoms with van der Waals surface area (Å²) in [7, 11) is 1.00. The number of aliphatic hydroxyl groups excluding tert-OH is 1. The van der Waals surface area contributed by atoms with Crippen LogP contribution >= 0.6 is 98.5 Å². The van der Waals surface area contributed by atoms with Crippen LogP contribution in [0.5, 0.6) is 5.75 Å². The number of halogens is 7. The summed E-state index contributed by atoms with van der Waals surface area (Å²) in [6, 6.07) is 36.6. The van der Waals surface area contributed by atoms with Crippen molar-refractivity contribution in [2.24, 2.45) is 0 Å². The van der Waals surface area contributed by atoms with Crippen LogP contribution in [0.15, 0.2) is 130 Å². The van der Waals surface area contributed by atoms with Crippen molar-refractivity contribution in [2.75, 3.05) is 7.11 Å². The quantitative estimate of drug-likeness (QED) is 0.0897. The van der Waals surface area contributed by atoms with Gasteiger partial charge in [-0.3, -0.25) is 14.4 Å². The van der Waals surface area contributed by atoms with Crippen LogP contribution in [0, 0.1) is 0 Å². The first kappa shape index (κ1) is 41.3. The molecule has 9 rings (SSSR count). The molecule has 2 N–H and O–H groups in total. The number of alkyl halides is 2. The van der Waals surface area contributed by atoms with Crippen molar-refractivity contribution < 1.29 is 24.6 Å². The van der Waals surface area contributed by atoms with Crippen molar-refractivity contribution in [3.63, 3.8) is 0 Å². The van der Waals surface area contributed by atoms with Crippen LogP contribution < -0.4 is 0 Å². The summed E-state index contributed by atoms with van der Waals surface area (Å²) in [5.74, 6) is -0.664. The molecule has 0 spiro atoms. The Labute approximate surface area is 364 Å². The highest BCUT2D eigenvalue weighted by molar-refractivity contribution is 9.25. The van der Waals surface area contributed by atoms with E-state index < -0.39 is 14.8 Å². The van der Waals surface area contributed by atoms with Gasteiger partial charge in [0.25, 0.3) is 0 Å². The van der Waals surface area contributed by atoms with Crippen LogP contribution in [0.4, 0.5) is 0 Å². The summed E-state index contributed by atoms with van der Waals surface area (Å²) in [4.78, 5) is 36.5. The molecule has 55 heavy (non-hydrogen) atoms. The highest BCUT2D eigenvalue weighted by Gasteiger charge is 2.42. The molecule has 0 saturated heterocycles. The molecule has 7 aromatic rings. The Morgan fingerprint density at radius 3 is 1.64 bits per heavy atom. The van der Waals surface area contributed by atoms with Crippen LogP contribution in [0.25, 0.3) is 43.8 Å². The van der Waals surface area contributed by atoms with Crippen molar-refractivity contribution in [1.82, 2.24) is 0 Å². The van der Waals surface area contributed by atoms with Crippen molar-refractivity contribution >= 4 is 137 Å². The molecule has 0 aromatic heterocycles. The summed E-state index contributed by atoms with van der Waals surface area (Å²) in [5, 5.41) is 22.7. The van der Waals surface area contributed by atoms with Gasteiger partial charge in [-0.1, -0.05) is 129 Å². The molecule has 0 fully saturated rings. The molecule has 0 radical (unpaired) electrons. The lowest BCUT2D eigenvalue weighted by Gasteiger charge is -2.29. The van der Waals surface area contributed by atoms with Crippen LogP contribution in [0.2, 0.25) is 15.1 Å². The predicted octanol–water partition coefficient (Wildman–Crippen LogP) is 14.0. The Morgan fingerprint density at radius 1 is 0.491 bits per heavy atom. The number of hydrogen-bond acceptors (Lipinski definition) is 5. The van der Waals surface area contributed by atoms with E-state index >= 15 is 0 Å². The van der Waals surface area contributed by atoms with E-state index in [1.165, 1.54) is 0 Å². The molecule has 0 amide bonds. The summed E-state index contributed by atoms with van der Waals surface area (Å²) < 4.78 is 0.938. The summed E-state index contributed by atoms with van der Waals surface area (Å²) in [5.41, 5.74) is 5.69. The number of aliphatic hydroxyl groups is 1. The number of aromatic hydroxyl groups is 1. The van der Waals surface area contributed by atoms with Gasteiger partial charge in [0.15, 0.2) is 9.02 Å². The van der Waals surface area contributed by atoms with Gasteiger partial charge in [0, 0.05) is 53.2 Å². The van der Waals surface area contributed by atoms with Crippen LogP contribution in [-0.2, 0) is 3.23 Å². The minimum Gasteiger partial charge on any atom is -0.507 e. The van der Waals surface area contributed by atoms with Gasteiger partial charge in [0.2, 0.25) is 11.6 Å². The largest absolute Gasteiger partial charge is 0.507 e. The van der Waals surface area contributed by atoms with Gasteiger partial charge in [-0.05, 0) is 135 Å². The maximum atomic E-state index is 12.5. The third-order valence-corrected chi connectivity index (χ3v) is 12.1. The van der Waals surface area contributed by atoms with Crippen LogP contribution in [0.1, 0.15) is 36.6 Å². The number of phenols is 1. The Morgan fingerprint density at radius 2 is 0.982 bits per heavy atom. The standard InChI is InChI=1S/C14H6Br3ClO.C14H6BrClO2.C14H9ClO.CH4O/c15-7-1-4-12-11(5-7)10-6-8(18)2-3-9(10)13(19)14(12,16)17;15-7-1-3-9-11(5-7)12-6-8(16)2-4-10(12)14(18)13(9)17;15-10-5-6-12-13(8-10)11-4-2-1-3-9(11)7-14(12)16;1-2/h1-6H;1-6H;1-8,16H;2H,1H3. The second kappa shape index (κ2) is 17.0. The highest BCUT2D eigenvalue weighted by atomic mass is 79.9. The molecule has 2 aliphatic rings. The Bertz CT molecular complexity index is 2640. The third kappa shape index (κ3) is 8.22. The van der Waals surface area contributed by atoms with Gasteiger partial charge in [0.1, 0.15) is 5.75 Å². The normalized spacial score (nSPS) is 13.1. The number of benzene rings is 7. The zero-order valence-electron chi connectivity index (χ0n) is 28.3. The maximum absolute atomic E-state index is 12.5. The number of ketones is 3. The van der Waals surface area contributed by atoms with E-state index in [0.29, 0.717) is 43.1 Å². The lowest BCUT2D eigenvalue weighted by Crippen LogP contribution is -2.27. The number of Topliss-reactive ketones (excluding diaryl/α,β-unsaturated/α-hetero) is 3. The number of phenolic OH excluding ortho intramolecular Hbond substituents is 1. The zero-order chi connectivity index (χ0) is 39.8. The zero-order valence-corrected chi connectivity index (χ0v) is 36.9. The van der Waals surface area contributed by atoms with Crippen molar-refractivity contribution in [2.45, 2.75) is 3.23 Å². The molecule has 0 unspecified atom stereocenters. The fourth-order valence-corrected chi connectivity index (χ4v) is 8.77. The fourth-order valence-electron chi connectivity index (χ4n) is 6.42. The number of carbonyl (C=O) groups excluding carboxylic acids is 3. The van der Waals surface area contributed by atoms with Crippen molar-refractivity contribution in [1.29, 1.82) is 0 Å². The summed E-state index contributed by atoms with van der Waals surface area (Å²) in [6.45, 7) is 0. The van der Waals surface area contributed by atoms with Gasteiger partial charge in [-0.25, -0.2) is 0 Å². The molecule has 0 bridgehead atoms. The summed E-state index contributed by atoms with van der Waals surface area (Å²) in [6.07, 6.45) is 0. The number of carbonyl (C=O) groups is 3. The second-order valence-electron chi connectivity index (χ2n) is 12.1. The van der Waals surface area contributed by atoms with E-state index in [0.717, 1.165) is 59.9 Å². The minimum atomic E-state index is -0.878. The lowest BCUT2D eigenvalue weighted by molar-refractivity contribution is 0.0815. The number of fused-ring (bicyclic) bond motifs is 9. The fraction of sp³-hybridized carbons (Fsp3) is 0.0465. The van der Waals surface area contributed by atoms with E-state index in [1.807, 2.05) is 66.7 Å². The molecule has 0 atom stereocenters. The summed E-state index contributed by atoms with van der Waals surface area (Å²) >= 11 is 31.8. The van der Waals surface area contributed by atoms with Crippen molar-refractivity contribution in [3.05, 3.63) is 168 Å². The van der Waals surface area contributed by atoms with Gasteiger partial charge < -0.3 is 10.2 Å². The van der Waals surface area contributed by atoms with Gasteiger partial charge in [-0.15, -0.1) is 0 Å².